The van der Waals surface area contributed by atoms with Crippen LogP contribution in [0.4, 0.5) is 4.39 Å². The van der Waals surface area contributed by atoms with Crippen molar-refractivity contribution in [1.29, 1.82) is 0 Å². The van der Waals surface area contributed by atoms with Crippen LogP contribution < -0.4 is 20.2 Å². The number of hydrazone groups is 1. The number of thiophene rings is 1. The number of fused-ring (bicyclic) bond motifs is 1. The zero-order chi connectivity index (χ0) is 21.7. The van der Waals surface area contributed by atoms with Gasteiger partial charge >= 0.3 is 0 Å². The summed E-state index contributed by atoms with van der Waals surface area (Å²) in [4.78, 5) is 24.3. The van der Waals surface area contributed by atoms with Crippen LogP contribution >= 0.6 is 11.3 Å². The van der Waals surface area contributed by atoms with Crippen LogP contribution in [0.25, 0.3) is 10.1 Å². The molecule has 7 nitrogen and oxygen atoms in total. The molecule has 1 heterocycles. The number of rotatable bonds is 7. The Balaban J connectivity index is 1.59. The first-order valence-corrected chi connectivity index (χ1v) is 9.81. The second-order valence-corrected chi connectivity index (χ2v) is 7.19. The highest BCUT2D eigenvalue weighted by Crippen LogP contribution is 2.28. The maximum Gasteiger partial charge on any atom is 0.259 e. The number of hydrogen-bond acceptors (Lipinski definition) is 6. The smallest absolute Gasteiger partial charge is 0.259 e. The quantitative estimate of drug-likeness (QED) is 0.445. The molecule has 2 amide bonds. The van der Waals surface area contributed by atoms with Gasteiger partial charge in [-0.2, -0.15) is 5.10 Å². The highest BCUT2D eigenvalue weighted by molar-refractivity contribution is 7.17. The molecule has 30 heavy (non-hydrogen) atoms. The van der Waals surface area contributed by atoms with Crippen molar-refractivity contribution in [1.82, 2.24) is 10.7 Å². The normalized spacial score (nSPS) is 11.3. The molecule has 2 N–H and O–H groups in total. The van der Waals surface area contributed by atoms with Gasteiger partial charge in [0.05, 0.1) is 26.5 Å². The molecule has 0 atom stereocenters. The van der Waals surface area contributed by atoms with Gasteiger partial charge in [0, 0.05) is 26.6 Å². The number of nitrogens with zero attached hydrogens (tertiary/aromatic N) is 1. The van der Waals surface area contributed by atoms with Crippen molar-refractivity contribution in [2.75, 3.05) is 20.8 Å². The third kappa shape index (κ3) is 4.74. The minimum atomic E-state index is -0.478. The molecule has 2 aromatic carbocycles. The average molecular weight is 429 g/mol. The number of amides is 2. The number of carbonyl (C=O) groups excluding carboxylic acids is 2. The monoisotopic (exact) mass is 429 g/mol. The molecule has 0 aliphatic heterocycles. The van der Waals surface area contributed by atoms with Gasteiger partial charge in [0.15, 0.2) is 11.5 Å². The van der Waals surface area contributed by atoms with E-state index < -0.39 is 11.8 Å². The lowest BCUT2D eigenvalue weighted by Crippen LogP contribution is -2.35. The van der Waals surface area contributed by atoms with Gasteiger partial charge in [-0.3, -0.25) is 9.59 Å². The van der Waals surface area contributed by atoms with Crippen LogP contribution in [0.3, 0.4) is 0 Å². The first-order chi connectivity index (χ1) is 14.4. The van der Waals surface area contributed by atoms with Gasteiger partial charge in [-0.25, -0.2) is 9.82 Å². The van der Waals surface area contributed by atoms with Gasteiger partial charge in [-0.15, -0.1) is 11.3 Å². The van der Waals surface area contributed by atoms with E-state index in [1.807, 2.05) is 5.38 Å². The number of hydrogen-bond donors (Lipinski definition) is 2. The van der Waals surface area contributed by atoms with Crippen LogP contribution in [0.5, 0.6) is 11.5 Å². The zero-order valence-electron chi connectivity index (χ0n) is 16.6. The summed E-state index contributed by atoms with van der Waals surface area (Å²) in [6.45, 7) is 1.49. The Bertz CT molecular complexity index is 1130. The molecule has 0 unspecified atom stereocenters. The number of halogens is 1. The lowest BCUT2D eigenvalue weighted by Gasteiger charge is -2.09. The third-order valence-corrected chi connectivity index (χ3v) is 5.28. The fourth-order valence-electron chi connectivity index (χ4n) is 2.77. The molecule has 1 aromatic heterocycles. The summed E-state index contributed by atoms with van der Waals surface area (Å²) in [5.74, 6) is -0.298. The molecule has 156 valence electrons. The molecule has 0 radical (unpaired) electrons. The zero-order valence-corrected chi connectivity index (χ0v) is 17.4. The Morgan fingerprint density at radius 2 is 1.87 bits per heavy atom. The van der Waals surface area contributed by atoms with Crippen molar-refractivity contribution in [2.45, 2.75) is 6.92 Å². The van der Waals surface area contributed by atoms with Crippen LogP contribution in [0.2, 0.25) is 0 Å². The van der Waals surface area contributed by atoms with E-state index in [9.17, 15) is 14.0 Å². The van der Waals surface area contributed by atoms with Gasteiger partial charge in [0.25, 0.3) is 11.8 Å². The summed E-state index contributed by atoms with van der Waals surface area (Å²) in [7, 11) is 2.97. The van der Waals surface area contributed by atoms with E-state index >= 15 is 0 Å². The highest BCUT2D eigenvalue weighted by atomic mass is 32.1. The van der Waals surface area contributed by atoms with E-state index in [2.05, 4.69) is 15.8 Å². The summed E-state index contributed by atoms with van der Waals surface area (Å²) < 4.78 is 24.4. The first-order valence-electron chi connectivity index (χ1n) is 8.93. The molecule has 0 saturated heterocycles. The number of carbonyl (C=O) groups is 2. The van der Waals surface area contributed by atoms with Crippen molar-refractivity contribution >= 4 is 38.9 Å². The summed E-state index contributed by atoms with van der Waals surface area (Å²) in [6.07, 6.45) is 0. The molecule has 0 aliphatic carbocycles. The number of nitrogens with one attached hydrogen (secondary N) is 2. The summed E-state index contributed by atoms with van der Waals surface area (Å²) in [5.41, 5.74) is 4.13. The van der Waals surface area contributed by atoms with Crippen LogP contribution in [-0.4, -0.2) is 38.3 Å². The fraction of sp³-hybridized carbons (Fsp3) is 0.190. The average Bonchev–Trinajstić information content (AvgIpc) is 3.18. The van der Waals surface area contributed by atoms with Gasteiger partial charge in [-0.05, 0) is 43.3 Å². The molecule has 0 saturated carbocycles. The van der Waals surface area contributed by atoms with Crippen molar-refractivity contribution < 1.29 is 23.5 Å². The fourth-order valence-corrected chi connectivity index (χ4v) is 3.80. The van der Waals surface area contributed by atoms with Gasteiger partial charge < -0.3 is 14.8 Å². The molecule has 0 aliphatic rings. The summed E-state index contributed by atoms with van der Waals surface area (Å²) >= 11 is 1.40. The van der Waals surface area contributed by atoms with Gasteiger partial charge in [-0.1, -0.05) is 0 Å². The number of methoxy groups -OCH3 is 2. The second kappa shape index (κ2) is 9.36. The minimum Gasteiger partial charge on any atom is -0.493 e. The molecular formula is C21H20FN3O4S. The van der Waals surface area contributed by atoms with Crippen LogP contribution in [0.1, 0.15) is 22.8 Å². The van der Waals surface area contributed by atoms with Crippen LogP contribution in [0, 0.1) is 5.82 Å². The number of benzene rings is 2. The van der Waals surface area contributed by atoms with Gasteiger partial charge in [0.1, 0.15) is 5.82 Å². The predicted molar refractivity (Wildman–Crippen MR) is 114 cm³/mol. The topological polar surface area (TPSA) is 89.0 Å². The maximum absolute atomic E-state index is 13.3. The largest absolute Gasteiger partial charge is 0.493 e. The Labute approximate surface area is 176 Å². The van der Waals surface area contributed by atoms with E-state index in [0.717, 1.165) is 15.6 Å². The molecule has 0 fully saturated rings. The molecule has 3 rings (SSSR count). The van der Waals surface area contributed by atoms with Crippen molar-refractivity contribution in [3.8, 4) is 11.5 Å². The number of ether oxygens (including phenoxy) is 2. The first kappa shape index (κ1) is 21.3. The third-order valence-electron chi connectivity index (χ3n) is 4.33. The molecule has 0 spiro atoms. The Morgan fingerprint density at radius 1 is 1.10 bits per heavy atom. The second-order valence-electron chi connectivity index (χ2n) is 6.27. The van der Waals surface area contributed by atoms with Gasteiger partial charge in [0.2, 0.25) is 0 Å². The van der Waals surface area contributed by atoms with Crippen LogP contribution in [0.15, 0.2) is 46.9 Å². The Kier molecular flexibility index (Phi) is 6.63. The van der Waals surface area contributed by atoms with E-state index in [4.69, 9.17) is 9.47 Å². The minimum absolute atomic E-state index is 0.250. The molecular weight excluding hydrogens is 409 g/mol. The predicted octanol–water partition coefficient (Wildman–Crippen LogP) is 3.33. The van der Waals surface area contributed by atoms with E-state index in [1.165, 1.54) is 43.8 Å². The van der Waals surface area contributed by atoms with E-state index in [-0.39, 0.29) is 12.4 Å². The maximum atomic E-state index is 13.3. The standard InChI is InChI=1S/C21H20FN3O4S/c1-12(16-11-30-19-9-14(22)5-6-15(16)19)24-25-20(26)10-23-21(27)13-4-7-17(28-2)18(8-13)29-3/h4-9,11H,10H2,1-3H3,(H,23,27)(H,25,26). The van der Waals surface area contributed by atoms with Crippen molar-refractivity contribution in [3.63, 3.8) is 0 Å². The summed E-state index contributed by atoms with van der Waals surface area (Å²) in [6, 6.07) is 9.23. The molecule has 3 aromatic rings. The Morgan fingerprint density at radius 3 is 2.60 bits per heavy atom. The van der Waals surface area contributed by atoms with E-state index in [1.54, 1.807) is 25.1 Å². The lowest BCUT2D eigenvalue weighted by molar-refractivity contribution is -0.120. The van der Waals surface area contributed by atoms with Crippen LogP contribution in [-0.2, 0) is 4.79 Å². The van der Waals surface area contributed by atoms with E-state index in [0.29, 0.717) is 22.8 Å². The van der Waals surface area contributed by atoms with Crippen molar-refractivity contribution in [3.05, 3.63) is 58.7 Å². The highest BCUT2D eigenvalue weighted by Gasteiger charge is 2.12. The molecule has 0 bridgehead atoms. The summed E-state index contributed by atoms with van der Waals surface area (Å²) in [5, 5.41) is 9.32. The Hall–Kier alpha value is -3.46. The molecule has 9 heteroatoms. The van der Waals surface area contributed by atoms with Crippen molar-refractivity contribution in [2.24, 2.45) is 5.10 Å². The lowest BCUT2D eigenvalue weighted by atomic mass is 10.1. The SMILES string of the molecule is COc1ccc(C(=O)NCC(=O)NN=C(C)c2csc3cc(F)ccc23)cc1OC.